The van der Waals surface area contributed by atoms with Gasteiger partial charge in [-0.25, -0.2) is 8.42 Å². The molecule has 0 radical (unpaired) electrons. The van der Waals surface area contributed by atoms with Crippen molar-refractivity contribution in [1.29, 1.82) is 5.26 Å². The van der Waals surface area contributed by atoms with E-state index in [1.165, 1.54) is 45.1 Å². The quantitative estimate of drug-likeness (QED) is 0.346. The molecule has 1 aliphatic heterocycles. The van der Waals surface area contributed by atoms with Crippen molar-refractivity contribution < 1.29 is 17.9 Å². The summed E-state index contributed by atoms with van der Waals surface area (Å²) in [5.41, 5.74) is 2.39. The van der Waals surface area contributed by atoms with Crippen LogP contribution in [0, 0.1) is 11.3 Å². The van der Waals surface area contributed by atoms with Crippen LogP contribution in [0.3, 0.4) is 0 Å². The van der Waals surface area contributed by atoms with Gasteiger partial charge in [0.05, 0.1) is 23.7 Å². The van der Waals surface area contributed by atoms with E-state index in [4.69, 9.17) is 17.0 Å². The lowest BCUT2D eigenvalue weighted by Crippen LogP contribution is -2.40. The van der Waals surface area contributed by atoms with Crippen LogP contribution in [0.5, 0.6) is 0 Å². The molecule has 0 atom stereocenters. The standard InChI is InChI=1S/C24H26N4O4S3/c25-16-20-19-4-2-1-3-5-21(19)34-23(20)27-24(33)26-22(29)11-8-17-6-9-18(10-7-17)35(30,31)28-12-14-32-15-13-28/h6-11H,1-5,12-15H2,(H2,26,27,29,33). The number of carbonyl (C=O) groups excluding carboxylic acids is 1. The van der Waals surface area contributed by atoms with Gasteiger partial charge in [0.1, 0.15) is 11.1 Å². The van der Waals surface area contributed by atoms with Gasteiger partial charge in [0.15, 0.2) is 5.11 Å². The van der Waals surface area contributed by atoms with Crippen molar-refractivity contribution in [2.45, 2.75) is 37.0 Å². The van der Waals surface area contributed by atoms with Crippen LogP contribution >= 0.6 is 23.6 Å². The first-order valence-electron chi connectivity index (χ1n) is 11.4. The second-order valence-corrected chi connectivity index (χ2v) is 11.7. The van der Waals surface area contributed by atoms with E-state index in [1.54, 1.807) is 18.2 Å². The Morgan fingerprint density at radius 2 is 1.86 bits per heavy atom. The highest BCUT2D eigenvalue weighted by molar-refractivity contribution is 7.89. The molecular weight excluding hydrogens is 504 g/mol. The number of hydrogen-bond acceptors (Lipinski definition) is 7. The minimum absolute atomic E-state index is 0.125. The highest BCUT2D eigenvalue weighted by Gasteiger charge is 2.26. The summed E-state index contributed by atoms with van der Waals surface area (Å²) >= 11 is 6.81. The summed E-state index contributed by atoms with van der Waals surface area (Å²) in [7, 11) is -3.56. The number of amides is 1. The highest BCUT2D eigenvalue weighted by Crippen LogP contribution is 2.36. The van der Waals surface area contributed by atoms with E-state index in [-0.39, 0.29) is 10.0 Å². The molecule has 2 heterocycles. The highest BCUT2D eigenvalue weighted by atomic mass is 32.2. The van der Waals surface area contributed by atoms with E-state index in [1.807, 2.05) is 0 Å². The average Bonchev–Trinajstić information content (AvgIpc) is 3.01. The Morgan fingerprint density at radius 3 is 2.57 bits per heavy atom. The van der Waals surface area contributed by atoms with Crippen LogP contribution in [0.1, 0.15) is 40.8 Å². The SMILES string of the molecule is N#Cc1c(NC(=S)NC(=O)C=Cc2ccc(S(=O)(=O)N3CCOCC3)cc2)sc2c1CCCCC2. The number of thiocarbonyl (C=S) groups is 1. The predicted molar refractivity (Wildman–Crippen MR) is 140 cm³/mol. The molecule has 0 bridgehead atoms. The number of thiophene rings is 1. The second-order valence-electron chi connectivity index (χ2n) is 8.24. The minimum atomic E-state index is -3.56. The van der Waals surface area contributed by atoms with E-state index in [9.17, 15) is 18.5 Å². The summed E-state index contributed by atoms with van der Waals surface area (Å²) in [5, 5.41) is 16.0. The number of fused-ring (bicyclic) bond motifs is 1. The lowest BCUT2D eigenvalue weighted by atomic mass is 10.1. The number of nitrogens with one attached hydrogen (secondary N) is 2. The van der Waals surface area contributed by atoms with Gasteiger partial charge in [0.2, 0.25) is 15.9 Å². The molecule has 2 aromatic rings. The Morgan fingerprint density at radius 1 is 1.14 bits per heavy atom. The second kappa shape index (κ2) is 11.4. The fourth-order valence-electron chi connectivity index (χ4n) is 4.10. The molecule has 1 saturated heterocycles. The van der Waals surface area contributed by atoms with Gasteiger partial charge in [0.25, 0.3) is 0 Å². The zero-order chi connectivity index (χ0) is 24.8. The zero-order valence-electron chi connectivity index (χ0n) is 19.1. The normalized spacial score (nSPS) is 16.8. The lowest BCUT2D eigenvalue weighted by molar-refractivity contribution is -0.115. The first-order chi connectivity index (χ1) is 16.9. The first kappa shape index (κ1) is 25.5. The predicted octanol–water partition coefficient (Wildman–Crippen LogP) is 3.44. The maximum Gasteiger partial charge on any atom is 0.250 e. The third kappa shape index (κ3) is 6.15. The Kier molecular flexibility index (Phi) is 8.30. The number of nitrogens with zero attached hydrogens (tertiary/aromatic N) is 2. The molecule has 0 unspecified atom stereocenters. The van der Waals surface area contributed by atoms with Gasteiger partial charge in [-0.05, 0) is 67.2 Å². The van der Waals surface area contributed by atoms with Crippen LogP contribution in [0.15, 0.2) is 35.2 Å². The van der Waals surface area contributed by atoms with Crippen LogP contribution in [0.25, 0.3) is 6.08 Å². The van der Waals surface area contributed by atoms with E-state index < -0.39 is 15.9 Å². The number of hydrogen-bond donors (Lipinski definition) is 2. The van der Waals surface area contributed by atoms with Gasteiger partial charge >= 0.3 is 0 Å². The molecule has 1 fully saturated rings. The van der Waals surface area contributed by atoms with Crippen molar-refractivity contribution in [3.63, 3.8) is 0 Å². The van der Waals surface area contributed by atoms with Crippen LogP contribution in [0.2, 0.25) is 0 Å². The Labute approximate surface area is 214 Å². The van der Waals surface area contributed by atoms with Crippen LogP contribution < -0.4 is 10.6 Å². The van der Waals surface area contributed by atoms with E-state index in [2.05, 4.69) is 16.7 Å². The molecule has 2 N–H and O–H groups in total. The van der Waals surface area contributed by atoms with Gasteiger partial charge in [-0.2, -0.15) is 9.57 Å². The molecule has 0 saturated carbocycles. The fraction of sp³-hybridized carbons (Fsp3) is 0.375. The van der Waals surface area contributed by atoms with Crippen LogP contribution in [-0.4, -0.2) is 50.0 Å². The number of rotatable bonds is 5. The summed E-state index contributed by atoms with van der Waals surface area (Å²) in [6, 6.07) is 8.62. The lowest BCUT2D eigenvalue weighted by Gasteiger charge is -2.26. The zero-order valence-corrected chi connectivity index (χ0v) is 21.5. The van der Waals surface area contributed by atoms with Crippen molar-refractivity contribution >= 4 is 55.7 Å². The Balaban J connectivity index is 1.35. The number of carbonyl (C=O) groups is 1. The van der Waals surface area contributed by atoms with Gasteiger partial charge in [-0.15, -0.1) is 11.3 Å². The van der Waals surface area contributed by atoms with Crippen LogP contribution in [-0.2, 0) is 32.4 Å². The summed E-state index contributed by atoms with van der Waals surface area (Å²) < 4.78 is 32.0. The third-order valence-electron chi connectivity index (χ3n) is 5.91. The topological polar surface area (TPSA) is 112 Å². The number of ether oxygens (including phenoxy) is 1. The van der Waals surface area contributed by atoms with Crippen molar-refractivity contribution in [2.75, 3.05) is 31.6 Å². The third-order valence-corrected chi connectivity index (χ3v) is 9.24. The van der Waals surface area contributed by atoms with Gasteiger partial charge in [-0.3, -0.25) is 10.1 Å². The Bertz CT molecular complexity index is 1270. The monoisotopic (exact) mass is 530 g/mol. The maximum atomic E-state index is 12.7. The minimum Gasteiger partial charge on any atom is -0.379 e. The molecule has 4 rings (SSSR count). The smallest absolute Gasteiger partial charge is 0.250 e. The number of benzene rings is 1. The Hall–Kier alpha value is -2.62. The number of aryl methyl sites for hydroxylation is 1. The summed E-state index contributed by atoms with van der Waals surface area (Å²) in [6.45, 7) is 1.45. The molecule has 1 amide bonds. The van der Waals surface area contributed by atoms with Crippen LogP contribution in [0.4, 0.5) is 5.00 Å². The van der Waals surface area contributed by atoms with E-state index in [0.29, 0.717) is 42.4 Å². The van der Waals surface area contributed by atoms with Crippen molar-refractivity contribution in [3.05, 3.63) is 51.9 Å². The molecule has 1 aromatic carbocycles. The summed E-state index contributed by atoms with van der Waals surface area (Å²) in [5.74, 6) is -0.427. The first-order valence-corrected chi connectivity index (χ1v) is 14.1. The van der Waals surface area contributed by atoms with E-state index >= 15 is 0 Å². The largest absolute Gasteiger partial charge is 0.379 e. The summed E-state index contributed by atoms with van der Waals surface area (Å²) in [4.78, 5) is 13.8. The molecule has 11 heteroatoms. The molecule has 0 spiro atoms. The number of morpholine rings is 1. The molecular formula is C24H26N4O4S3. The fourth-order valence-corrected chi connectivity index (χ4v) is 7.02. The van der Waals surface area contributed by atoms with Crippen molar-refractivity contribution in [2.24, 2.45) is 0 Å². The van der Waals surface area contributed by atoms with E-state index in [0.717, 1.165) is 31.2 Å². The molecule has 8 nitrogen and oxygen atoms in total. The number of sulfonamides is 1. The van der Waals surface area contributed by atoms with Crippen molar-refractivity contribution in [3.8, 4) is 6.07 Å². The molecule has 35 heavy (non-hydrogen) atoms. The molecule has 1 aliphatic carbocycles. The van der Waals surface area contributed by atoms with Gasteiger partial charge in [0, 0.05) is 24.0 Å². The molecule has 184 valence electrons. The van der Waals surface area contributed by atoms with Gasteiger partial charge in [-0.1, -0.05) is 18.6 Å². The molecule has 2 aliphatic rings. The van der Waals surface area contributed by atoms with Crippen molar-refractivity contribution in [1.82, 2.24) is 9.62 Å². The molecule has 1 aromatic heterocycles. The average molecular weight is 531 g/mol. The maximum absolute atomic E-state index is 12.7. The summed E-state index contributed by atoms with van der Waals surface area (Å²) in [6.07, 6.45) is 8.12. The van der Waals surface area contributed by atoms with Gasteiger partial charge < -0.3 is 10.1 Å². The number of anilines is 1. The number of nitriles is 1.